The van der Waals surface area contributed by atoms with E-state index in [1.54, 1.807) is 48.5 Å². The first-order valence-corrected chi connectivity index (χ1v) is 8.64. The summed E-state index contributed by atoms with van der Waals surface area (Å²) in [6.07, 6.45) is 0.199. The van der Waals surface area contributed by atoms with Gasteiger partial charge in [0.1, 0.15) is 0 Å². The number of benzene rings is 2. The fourth-order valence-corrected chi connectivity index (χ4v) is 4.47. The molecule has 0 bridgehead atoms. The van der Waals surface area contributed by atoms with Gasteiger partial charge in [-0.3, -0.25) is 9.10 Å². The van der Waals surface area contributed by atoms with E-state index < -0.39 is 10.0 Å². The topological polar surface area (TPSA) is 54.5 Å². The van der Waals surface area contributed by atoms with Gasteiger partial charge in [-0.15, -0.1) is 0 Å². The van der Waals surface area contributed by atoms with Gasteiger partial charge in [0.05, 0.1) is 10.6 Å². The van der Waals surface area contributed by atoms with Crippen LogP contribution in [-0.2, 0) is 10.0 Å². The fraction of sp³-hybridized carbons (Fsp3) is 0.133. The molecule has 108 valence electrons. The van der Waals surface area contributed by atoms with E-state index >= 15 is 0 Å². The Morgan fingerprint density at radius 1 is 1.05 bits per heavy atom. The summed E-state index contributed by atoms with van der Waals surface area (Å²) in [4.78, 5) is 12.1. The number of sulfonamides is 1. The Morgan fingerprint density at radius 2 is 1.81 bits per heavy atom. The molecule has 0 aliphatic carbocycles. The molecule has 1 heterocycles. The van der Waals surface area contributed by atoms with Gasteiger partial charge in [-0.25, -0.2) is 8.42 Å². The van der Waals surface area contributed by atoms with Crippen LogP contribution in [0.15, 0.2) is 57.9 Å². The lowest BCUT2D eigenvalue weighted by Gasteiger charge is -2.29. The van der Waals surface area contributed by atoms with Crippen molar-refractivity contribution in [3.05, 3.63) is 58.6 Å². The predicted octanol–water partition coefficient (Wildman–Crippen LogP) is 3.23. The Balaban J connectivity index is 2.13. The van der Waals surface area contributed by atoms with Crippen LogP contribution in [0.1, 0.15) is 16.8 Å². The lowest BCUT2D eigenvalue weighted by molar-refractivity contribution is 0.0982. The van der Waals surface area contributed by atoms with Crippen LogP contribution in [0, 0.1) is 0 Å². The second kappa shape index (κ2) is 5.27. The van der Waals surface area contributed by atoms with Gasteiger partial charge in [-0.05, 0) is 30.3 Å². The second-order valence-corrected chi connectivity index (χ2v) is 7.50. The molecule has 0 saturated heterocycles. The van der Waals surface area contributed by atoms with Crippen molar-refractivity contribution in [2.45, 2.75) is 11.3 Å². The maximum absolute atomic E-state index is 12.8. The molecule has 0 radical (unpaired) electrons. The lowest BCUT2D eigenvalue weighted by atomic mass is 10.0. The van der Waals surface area contributed by atoms with Crippen LogP contribution in [0.25, 0.3) is 0 Å². The highest BCUT2D eigenvalue weighted by atomic mass is 79.9. The van der Waals surface area contributed by atoms with Crippen LogP contribution in [-0.4, -0.2) is 20.7 Å². The molecule has 0 aromatic heterocycles. The van der Waals surface area contributed by atoms with Crippen LogP contribution in [0.2, 0.25) is 0 Å². The number of hydrogen-bond donors (Lipinski definition) is 0. The van der Waals surface area contributed by atoms with E-state index in [9.17, 15) is 13.2 Å². The largest absolute Gasteiger partial charge is 0.294 e. The molecule has 1 aliphatic heterocycles. The van der Waals surface area contributed by atoms with Crippen molar-refractivity contribution >= 4 is 37.4 Å². The SMILES string of the molecule is O=C1CCN(S(=O)(=O)c2cccc(Br)c2)c2ccccc21. The zero-order chi connectivity index (χ0) is 15.0. The van der Waals surface area contributed by atoms with E-state index in [4.69, 9.17) is 0 Å². The van der Waals surface area contributed by atoms with Gasteiger partial charge in [0.15, 0.2) is 5.78 Å². The molecule has 0 saturated carbocycles. The minimum atomic E-state index is -3.67. The predicted molar refractivity (Wildman–Crippen MR) is 84.1 cm³/mol. The maximum Gasteiger partial charge on any atom is 0.264 e. The molecule has 0 N–H and O–H groups in total. The number of ketones is 1. The third-order valence-corrected chi connectivity index (χ3v) is 5.70. The van der Waals surface area contributed by atoms with Crippen LogP contribution < -0.4 is 4.31 Å². The number of nitrogens with zero attached hydrogens (tertiary/aromatic N) is 1. The number of fused-ring (bicyclic) bond motifs is 1. The number of Topliss-reactive ketones (excluding diaryl/α,β-unsaturated/α-hetero) is 1. The summed E-state index contributed by atoms with van der Waals surface area (Å²) in [5.74, 6) is -0.0220. The summed E-state index contributed by atoms with van der Waals surface area (Å²) in [5.41, 5.74) is 0.913. The van der Waals surface area contributed by atoms with Gasteiger partial charge in [0.2, 0.25) is 0 Å². The van der Waals surface area contributed by atoms with E-state index in [0.717, 1.165) is 0 Å². The summed E-state index contributed by atoms with van der Waals surface area (Å²) in [7, 11) is -3.67. The van der Waals surface area contributed by atoms with E-state index in [1.807, 2.05) is 0 Å². The first-order chi connectivity index (χ1) is 10.00. The van der Waals surface area contributed by atoms with Gasteiger partial charge in [0, 0.05) is 23.0 Å². The number of carbonyl (C=O) groups is 1. The molecule has 0 atom stereocenters. The van der Waals surface area contributed by atoms with E-state index in [0.29, 0.717) is 15.7 Å². The summed E-state index contributed by atoms with van der Waals surface area (Å²) in [5, 5.41) is 0. The standard InChI is InChI=1S/C15H12BrNO3S/c16-11-4-3-5-12(10-11)21(19,20)17-9-8-15(18)13-6-1-2-7-14(13)17/h1-7,10H,8-9H2. The molecule has 0 unspecified atom stereocenters. The van der Waals surface area contributed by atoms with Gasteiger partial charge in [-0.2, -0.15) is 0 Å². The molecule has 0 spiro atoms. The number of para-hydroxylation sites is 1. The first kappa shape index (κ1) is 14.3. The summed E-state index contributed by atoms with van der Waals surface area (Å²) >= 11 is 3.28. The van der Waals surface area contributed by atoms with Crippen molar-refractivity contribution < 1.29 is 13.2 Å². The zero-order valence-electron chi connectivity index (χ0n) is 11.0. The highest BCUT2D eigenvalue weighted by Gasteiger charge is 2.31. The van der Waals surface area contributed by atoms with Gasteiger partial charge >= 0.3 is 0 Å². The Bertz CT molecular complexity index is 817. The molecule has 6 heteroatoms. The Hall–Kier alpha value is -1.66. The minimum absolute atomic E-state index is 0.0220. The van der Waals surface area contributed by atoms with E-state index in [-0.39, 0.29) is 23.6 Å². The molecular weight excluding hydrogens is 354 g/mol. The number of halogens is 1. The average Bonchev–Trinajstić information content (AvgIpc) is 2.47. The Morgan fingerprint density at radius 3 is 2.57 bits per heavy atom. The molecule has 4 nitrogen and oxygen atoms in total. The Kier molecular flexibility index (Phi) is 3.59. The van der Waals surface area contributed by atoms with Crippen molar-refractivity contribution in [1.82, 2.24) is 0 Å². The fourth-order valence-electron chi connectivity index (χ4n) is 2.39. The summed E-state index contributed by atoms with van der Waals surface area (Å²) in [6, 6.07) is 13.4. The maximum atomic E-state index is 12.8. The number of anilines is 1. The molecule has 0 amide bonds. The molecule has 1 aliphatic rings. The molecule has 2 aromatic carbocycles. The molecule has 2 aromatic rings. The quantitative estimate of drug-likeness (QED) is 0.820. The summed E-state index contributed by atoms with van der Waals surface area (Å²) in [6.45, 7) is 0.171. The Labute approximate surface area is 131 Å². The normalized spacial score (nSPS) is 14.9. The third-order valence-electron chi connectivity index (χ3n) is 3.40. The third kappa shape index (κ3) is 2.49. The van der Waals surface area contributed by atoms with Gasteiger partial charge in [0.25, 0.3) is 10.0 Å². The van der Waals surface area contributed by atoms with E-state index in [1.165, 1.54) is 4.31 Å². The molecule has 21 heavy (non-hydrogen) atoms. The monoisotopic (exact) mass is 365 g/mol. The highest BCUT2D eigenvalue weighted by molar-refractivity contribution is 9.10. The van der Waals surface area contributed by atoms with E-state index in [2.05, 4.69) is 15.9 Å². The van der Waals surface area contributed by atoms with Crippen LogP contribution >= 0.6 is 15.9 Å². The van der Waals surface area contributed by atoms with Gasteiger partial charge < -0.3 is 0 Å². The highest BCUT2D eigenvalue weighted by Crippen LogP contribution is 2.32. The lowest BCUT2D eigenvalue weighted by Crippen LogP contribution is -2.37. The minimum Gasteiger partial charge on any atom is -0.294 e. The summed E-state index contributed by atoms with van der Waals surface area (Å²) < 4.78 is 27.6. The number of hydrogen-bond acceptors (Lipinski definition) is 3. The molecule has 0 fully saturated rings. The number of carbonyl (C=O) groups excluding carboxylic acids is 1. The van der Waals surface area contributed by atoms with Crippen LogP contribution in [0.4, 0.5) is 5.69 Å². The first-order valence-electron chi connectivity index (χ1n) is 6.41. The zero-order valence-corrected chi connectivity index (χ0v) is 13.4. The van der Waals surface area contributed by atoms with Crippen molar-refractivity contribution in [3.8, 4) is 0 Å². The molecular formula is C15H12BrNO3S. The van der Waals surface area contributed by atoms with Crippen LogP contribution in [0.5, 0.6) is 0 Å². The van der Waals surface area contributed by atoms with Crippen LogP contribution in [0.3, 0.4) is 0 Å². The van der Waals surface area contributed by atoms with Gasteiger partial charge in [-0.1, -0.05) is 34.1 Å². The molecule has 3 rings (SSSR count). The average molecular weight is 366 g/mol. The van der Waals surface area contributed by atoms with Crippen molar-refractivity contribution in [1.29, 1.82) is 0 Å². The van der Waals surface area contributed by atoms with Crippen molar-refractivity contribution in [2.24, 2.45) is 0 Å². The second-order valence-electron chi connectivity index (χ2n) is 4.72. The number of rotatable bonds is 2. The van der Waals surface area contributed by atoms with Crippen molar-refractivity contribution in [3.63, 3.8) is 0 Å². The van der Waals surface area contributed by atoms with Crippen molar-refractivity contribution in [2.75, 3.05) is 10.8 Å². The smallest absolute Gasteiger partial charge is 0.264 e.